The van der Waals surface area contributed by atoms with Gasteiger partial charge < -0.3 is 14.6 Å². The SMILES string of the molecule is N#CC1C(=O)NC(=O)C1(O)c1cccc2c1OC(F)(F)O2. The molecule has 0 radical (unpaired) electrons. The average molecular weight is 296 g/mol. The van der Waals surface area contributed by atoms with Crippen molar-refractivity contribution in [1.82, 2.24) is 5.32 Å². The number of imide groups is 1. The van der Waals surface area contributed by atoms with Gasteiger partial charge in [-0.05, 0) is 6.07 Å². The van der Waals surface area contributed by atoms with Gasteiger partial charge in [-0.15, -0.1) is 8.78 Å². The topological polar surface area (TPSA) is 109 Å². The van der Waals surface area contributed by atoms with Gasteiger partial charge in [0.05, 0.1) is 6.07 Å². The molecule has 1 aromatic carbocycles. The van der Waals surface area contributed by atoms with Crippen LogP contribution in [0.1, 0.15) is 5.56 Å². The largest absolute Gasteiger partial charge is 0.586 e. The number of nitriles is 1. The molecule has 1 saturated heterocycles. The molecule has 108 valence electrons. The van der Waals surface area contributed by atoms with Crippen molar-refractivity contribution in [2.45, 2.75) is 11.9 Å². The quantitative estimate of drug-likeness (QED) is 0.706. The second kappa shape index (κ2) is 3.89. The molecule has 0 aliphatic carbocycles. The molecule has 0 saturated carbocycles. The van der Waals surface area contributed by atoms with E-state index in [2.05, 4.69) is 9.47 Å². The third-order valence-corrected chi connectivity index (χ3v) is 3.23. The van der Waals surface area contributed by atoms with Crippen molar-refractivity contribution in [3.63, 3.8) is 0 Å². The molecular weight excluding hydrogens is 290 g/mol. The Balaban J connectivity index is 2.19. The number of nitrogens with zero attached hydrogens (tertiary/aromatic N) is 1. The molecule has 7 nitrogen and oxygen atoms in total. The fraction of sp³-hybridized carbons (Fsp3) is 0.250. The molecule has 2 unspecified atom stereocenters. The van der Waals surface area contributed by atoms with Crippen LogP contribution in [-0.4, -0.2) is 23.2 Å². The molecule has 0 spiro atoms. The van der Waals surface area contributed by atoms with E-state index in [0.717, 1.165) is 12.1 Å². The first-order valence-electron chi connectivity index (χ1n) is 5.66. The minimum Gasteiger partial charge on any atom is -0.395 e. The first-order chi connectivity index (χ1) is 9.79. The maximum atomic E-state index is 13.1. The van der Waals surface area contributed by atoms with Crippen molar-refractivity contribution in [3.05, 3.63) is 23.8 Å². The number of ether oxygens (including phenoxy) is 2. The minimum absolute atomic E-state index is 0.408. The summed E-state index contributed by atoms with van der Waals surface area (Å²) in [4.78, 5) is 23.3. The lowest BCUT2D eigenvalue weighted by atomic mass is 9.83. The van der Waals surface area contributed by atoms with Gasteiger partial charge in [-0.1, -0.05) is 12.1 Å². The number of aliphatic hydroxyl groups is 1. The zero-order chi connectivity index (χ0) is 15.4. The van der Waals surface area contributed by atoms with Crippen LogP contribution in [-0.2, 0) is 15.2 Å². The molecule has 2 amide bonds. The predicted molar refractivity (Wildman–Crippen MR) is 58.8 cm³/mol. The Morgan fingerprint density at radius 1 is 1.33 bits per heavy atom. The molecule has 1 aromatic rings. The Morgan fingerprint density at radius 2 is 2.05 bits per heavy atom. The van der Waals surface area contributed by atoms with Crippen LogP contribution in [0.4, 0.5) is 8.78 Å². The van der Waals surface area contributed by atoms with Gasteiger partial charge in [0.1, 0.15) is 0 Å². The summed E-state index contributed by atoms with van der Waals surface area (Å²) in [7, 11) is 0. The number of hydrogen-bond acceptors (Lipinski definition) is 6. The van der Waals surface area contributed by atoms with Crippen LogP contribution in [0.3, 0.4) is 0 Å². The van der Waals surface area contributed by atoms with E-state index >= 15 is 0 Å². The van der Waals surface area contributed by atoms with E-state index in [9.17, 15) is 23.5 Å². The van der Waals surface area contributed by atoms with Gasteiger partial charge in [0, 0.05) is 5.56 Å². The highest BCUT2D eigenvalue weighted by atomic mass is 19.3. The van der Waals surface area contributed by atoms with Crippen molar-refractivity contribution in [1.29, 1.82) is 5.26 Å². The van der Waals surface area contributed by atoms with Crippen LogP contribution in [0.2, 0.25) is 0 Å². The van der Waals surface area contributed by atoms with E-state index in [1.54, 1.807) is 5.32 Å². The lowest BCUT2D eigenvalue weighted by Crippen LogP contribution is -2.39. The number of alkyl halides is 2. The first-order valence-corrected chi connectivity index (χ1v) is 5.66. The van der Waals surface area contributed by atoms with E-state index in [1.807, 2.05) is 0 Å². The highest BCUT2D eigenvalue weighted by Crippen LogP contribution is 2.49. The highest BCUT2D eigenvalue weighted by molar-refractivity contribution is 6.11. The monoisotopic (exact) mass is 296 g/mol. The molecule has 9 heteroatoms. The number of hydrogen-bond donors (Lipinski definition) is 2. The summed E-state index contributed by atoms with van der Waals surface area (Å²) in [5, 5.41) is 21.2. The predicted octanol–water partition coefficient (Wildman–Crippen LogP) is -0.00812. The fourth-order valence-corrected chi connectivity index (χ4v) is 2.30. The summed E-state index contributed by atoms with van der Waals surface area (Å²) in [6, 6.07) is 4.94. The number of rotatable bonds is 1. The summed E-state index contributed by atoms with van der Waals surface area (Å²) in [5.41, 5.74) is -3.06. The Bertz CT molecular complexity index is 714. The van der Waals surface area contributed by atoms with Crippen LogP contribution in [0.15, 0.2) is 18.2 Å². The lowest BCUT2D eigenvalue weighted by Gasteiger charge is -2.22. The molecule has 1 fully saturated rings. The minimum atomic E-state index is -3.96. The van der Waals surface area contributed by atoms with Crippen molar-refractivity contribution >= 4 is 11.8 Å². The van der Waals surface area contributed by atoms with Crippen LogP contribution in [0.5, 0.6) is 11.5 Å². The van der Waals surface area contributed by atoms with Crippen molar-refractivity contribution in [2.24, 2.45) is 5.92 Å². The van der Waals surface area contributed by atoms with Gasteiger partial charge in [-0.2, -0.15) is 5.26 Å². The molecule has 2 aliphatic rings. The maximum absolute atomic E-state index is 13.1. The molecule has 2 N–H and O–H groups in total. The number of benzene rings is 1. The molecule has 3 rings (SSSR count). The smallest absolute Gasteiger partial charge is 0.395 e. The van der Waals surface area contributed by atoms with Crippen LogP contribution in [0, 0.1) is 17.2 Å². The third-order valence-electron chi connectivity index (χ3n) is 3.23. The second-order valence-corrected chi connectivity index (χ2v) is 4.45. The molecule has 2 aliphatic heterocycles. The fourth-order valence-electron chi connectivity index (χ4n) is 2.30. The number of nitrogens with one attached hydrogen (secondary N) is 1. The number of carbonyl (C=O) groups excluding carboxylic acids is 2. The highest BCUT2D eigenvalue weighted by Gasteiger charge is 2.59. The Morgan fingerprint density at radius 3 is 2.71 bits per heavy atom. The van der Waals surface area contributed by atoms with E-state index in [-0.39, 0.29) is 0 Å². The summed E-state index contributed by atoms with van der Waals surface area (Å²) in [6.07, 6.45) is -3.96. The third kappa shape index (κ3) is 1.66. The van der Waals surface area contributed by atoms with Crippen LogP contribution in [0.25, 0.3) is 0 Å². The normalized spacial score (nSPS) is 29.1. The standard InChI is InChI=1S/C12H6F2N2O5/c13-12(14)20-7-3-1-2-5(8(7)21-12)11(19)6(4-15)9(17)16-10(11)18/h1-3,6,19H,(H,16,17,18). The zero-order valence-corrected chi connectivity index (χ0v) is 10.1. The van der Waals surface area contributed by atoms with Crippen molar-refractivity contribution in [2.75, 3.05) is 0 Å². The number of amides is 2. The molecule has 2 atom stereocenters. The summed E-state index contributed by atoms with van der Waals surface area (Å²) >= 11 is 0. The van der Waals surface area contributed by atoms with E-state index in [1.165, 1.54) is 12.1 Å². The maximum Gasteiger partial charge on any atom is 0.586 e. The van der Waals surface area contributed by atoms with E-state index < -0.39 is 46.7 Å². The summed E-state index contributed by atoms with van der Waals surface area (Å²) < 4.78 is 34.7. The zero-order valence-electron chi connectivity index (χ0n) is 10.1. The summed E-state index contributed by atoms with van der Waals surface area (Å²) in [5.74, 6) is -4.99. The van der Waals surface area contributed by atoms with E-state index in [4.69, 9.17) is 5.26 Å². The summed E-state index contributed by atoms with van der Waals surface area (Å²) in [6.45, 7) is 0. The van der Waals surface area contributed by atoms with Gasteiger partial charge in [0.25, 0.3) is 5.91 Å². The molecular formula is C12H6F2N2O5. The van der Waals surface area contributed by atoms with Gasteiger partial charge in [0.15, 0.2) is 23.0 Å². The van der Waals surface area contributed by atoms with Gasteiger partial charge in [-0.3, -0.25) is 14.9 Å². The molecule has 21 heavy (non-hydrogen) atoms. The van der Waals surface area contributed by atoms with Crippen molar-refractivity contribution in [3.8, 4) is 17.6 Å². The van der Waals surface area contributed by atoms with Crippen LogP contribution >= 0.6 is 0 Å². The number of carbonyl (C=O) groups is 2. The molecule has 0 aromatic heterocycles. The average Bonchev–Trinajstić information content (AvgIpc) is 2.82. The van der Waals surface area contributed by atoms with Gasteiger partial charge in [-0.25, -0.2) is 0 Å². The Kier molecular flexibility index (Phi) is 2.46. The Hall–Kier alpha value is -2.73. The number of para-hydroxylation sites is 1. The first kappa shape index (κ1) is 13.3. The van der Waals surface area contributed by atoms with Gasteiger partial charge >= 0.3 is 6.29 Å². The van der Waals surface area contributed by atoms with Crippen molar-refractivity contribution < 1.29 is 33.0 Å². The Labute approximate surface area is 115 Å². The lowest BCUT2D eigenvalue weighted by molar-refractivity contribution is -0.287. The second-order valence-electron chi connectivity index (χ2n) is 4.45. The van der Waals surface area contributed by atoms with Gasteiger partial charge in [0.2, 0.25) is 5.91 Å². The van der Waals surface area contributed by atoms with Crippen LogP contribution < -0.4 is 14.8 Å². The number of fused-ring (bicyclic) bond motifs is 1. The molecule has 2 heterocycles. The number of halogens is 2. The molecule has 0 bridgehead atoms. The van der Waals surface area contributed by atoms with E-state index in [0.29, 0.717) is 0 Å².